The Morgan fingerprint density at radius 2 is 0.667 bits per heavy atom. The van der Waals surface area contributed by atoms with Crippen molar-refractivity contribution in [1.82, 2.24) is 15.0 Å². The maximum Gasteiger partial charge on any atom is 0.115 e. The lowest BCUT2D eigenvalue weighted by atomic mass is 9.78. The highest BCUT2D eigenvalue weighted by molar-refractivity contribution is 5.86. The zero-order valence-corrected chi connectivity index (χ0v) is 83.2. The molecule has 4 nitrogen and oxygen atoms in total. The molecule has 4 heteroatoms. The van der Waals surface area contributed by atoms with Crippen LogP contribution in [0.15, 0.2) is 292 Å². The van der Waals surface area contributed by atoms with E-state index in [9.17, 15) is 0 Å². The highest BCUT2D eigenvalue weighted by Gasteiger charge is 2.22. The Kier molecular flexibility index (Phi) is 43.2. The summed E-state index contributed by atoms with van der Waals surface area (Å²) in [5, 5.41) is 15.9. The molecule has 2 aromatic heterocycles. The van der Waals surface area contributed by atoms with Gasteiger partial charge in [-0.3, -0.25) is 0 Å². The number of rotatable bonds is 14. The van der Waals surface area contributed by atoms with Crippen LogP contribution in [0, 0.1) is 54.7 Å². The number of aromatic hydroxyl groups is 1. The second kappa shape index (κ2) is 50.9. The van der Waals surface area contributed by atoms with Gasteiger partial charge in [0.25, 0.3) is 0 Å². The fourth-order valence-corrected chi connectivity index (χ4v) is 15.5. The van der Waals surface area contributed by atoms with E-state index in [4.69, 9.17) is 5.11 Å². The van der Waals surface area contributed by atoms with Gasteiger partial charge < -0.3 is 15.1 Å². The largest absolute Gasteiger partial charge is 0.508 e. The quantitative estimate of drug-likeness (QED) is 0.102. The molecule has 1 aliphatic carbocycles. The molecule has 0 amide bonds. The molecule has 11 aromatic carbocycles. The Labute approximate surface area is 770 Å². The lowest BCUT2D eigenvalue weighted by molar-refractivity contribution is 0.240. The molecule has 2 heterocycles. The molecule has 0 radical (unpaired) electrons. The zero-order valence-electron chi connectivity index (χ0n) is 83.2. The van der Waals surface area contributed by atoms with Gasteiger partial charge in [0.1, 0.15) is 5.75 Å². The first-order valence-corrected chi connectivity index (χ1v) is 47.0. The summed E-state index contributed by atoms with van der Waals surface area (Å²) in [5.74, 6) is 1.39. The minimum Gasteiger partial charge on any atom is -0.508 e. The number of para-hydroxylation sites is 1. The number of benzene rings is 11. The maximum atomic E-state index is 9.08. The summed E-state index contributed by atoms with van der Waals surface area (Å²) >= 11 is 0. The van der Waals surface area contributed by atoms with E-state index in [1.807, 2.05) is 18.3 Å². The molecule has 1 aliphatic rings. The van der Waals surface area contributed by atoms with E-state index in [1.165, 1.54) is 170 Å². The molecule has 13 aromatic rings. The number of aromatic nitrogens is 3. The van der Waals surface area contributed by atoms with Gasteiger partial charge in [-0.25, -0.2) is 4.98 Å². The van der Waals surface area contributed by atoms with Gasteiger partial charge in [-0.05, 0) is 233 Å². The van der Waals surface area contributed by atoms with Crippen molar-refractivity contribution >= 4 is 32.4 Å². The third-order valence-electron chi connectivity index (χ3n) is 21.6. The molecule has 0 aliphatic heterocycles. The van der Waals surface area contributed by atoms with Crippen molar-refractivity contribution < 1.29 is 5.11 Å². The zero-order chi connectivity index (χ0) is 92.1. The molecular weight excluding hydrogens is 1520 g/mol. The van der Waals surface area contributed by atoms with Gasteiger partial charge in [0.15, 0.2) is 0 Å². The number of phenolic OH excluding ortho intramolecular Hbond substituents is 1. The molecule has 1 saturated carbocycles. The van der Waals surface area contributed by atoms with E-state index < -0.39 is 0 Å². The predicted molar refractivity (Wildman–Crippen MR) is 560 cm³/mol. The molecule has 1 fully saturated rings. The minimum atomic E-state index is 0. The Hall–Kier alpha value is -9.51. The van der Waals surface area contributed by atoms with E-state index in [2.05, 4.69) is 457 Å². The van der Waals surface area contributed by atoms with E-state index in [-0.39, 0.29) is 7.43 Å². The highest BCUT2D eigenvalue weighted by atomic mass is 16.3. The number of fused-ring (bicyclic) bond motifs is 3. The van der Waals surface area contributed by atoms with E-state index in [0.717, 1.165) is 44.4 Å². The summed E-state index contributed by atoms with van der Waals surface area (Å²) in [7, 11) is 0. The molecule has 126 heavy (non-hydrogen) atoms. The van der Waals surface area contributed by atoms with Crippen LogP contribution in [-0.2, 0) is 51.4 Å². The van der Waals surface area contributed by atoms with Gasteiger partial charge in [0, 0.05) is 29.0 Å². The monoisotopic (exact) mass is 1690 g/mol. The summed E-state index contributed by atoms with van der Waals surface area (Å²) in [6.07, 6.45) is 27.3. The predicted octanol–water partition coefficient (Wildman–Crippen LogP) is 36.6. The topological polar surface area (TPSA) is 64.7 Å². The number of hydrogen-bond acceptors (Lipinski definition) is 2. The molecule has 0 saturated heterocycles. The van der Waals surface area contributed by atoms with Crippen molar-refractivity contribution in [2.24, 2.45) is 54.7 Å². The van der Waals surface area contributed by atoms with Crippen LogP contribution >= 0.6 is 0 Å². The second-order valence-electron chi connectivity index (χ2n) is 46.2. The number of hydrogen-bond donors (Lipinski definition) is 3. The van der Waals surface area contributed by atoms with Crippen LogP contribution in [0.3, 0.4) is 0 Å². The van der Waals surface area contributed by atoms with Crippen molar-refractivity contribution in [3.8, 4) is 28.0 Å². The number of phenols is 1. The number of aryl methyl sites for hydroxylation is 3. The van der Waals surface area contributed by atoms with Gasteiger partial charge in [-0.15, -0.1) is 0 Å². The number of imidazole rings is 1. The SMILES string of the molecule is C.CC(C)(C)CC1CCCCC1.CC(C)(C)CCc1ccc(-c2ccccc2)cc1.CC(C)(C)CCc1ccc(O)cc1.CC(C)(C)CCc1ccccc1.CC(C)(C)Cc1c[nH]c2ccccc12.CC(C)(C)Cc1ccc(-c2ccccc2)cc1.CC(C)(C)Cc1ccc2ccccc2c1.CC(C)(C)Cc1cccc2ccccc12.CC(C)(C)Cc1cnc[nH]1. The molecule has 0 unspecified atom stereocenters. The Morgan fingerprint density at radius 1 is 0.294 bits per heavy atom. The summed E-state index contributed by atoms with van der Waals surface area (Å²) in [4.78, 5) is 10.3. The van der Waals surface area contributed by atoms with Gasteiger partial charge >= 0.3 is 0 Å². The van der Waals surface area contributed by atoms with E-state index in [1.54, 1.807) is 18.5 Å². The summed E-state index contributed by atoms with van der Waals surface area (Å²) in [6, 6.07) is 96.1. The Morgan fingerprint density at radius 3 is 1.12 bits per heavy atom. The number of H-pyrrole nitrogens is 2. The van der Waals surface area contributed by atoms with Crippen molar-refractivity contribution in [3.05, 3.63) is 336 Å². The average molecular weight is 1700 g/mol. The van der Waals surface area contributed by atoms with Gasteiger partial charge in [-0.1, -0.05) is 481 Å². The van der Waals surface area contributed by atoms with Crippen molar-refractivity contribution in [2.45, 2.75) is 304 Å². The highest BCUT2D eigenvalue weighted by Crippen LogP contribution is 2.36. The fraction of sp³-hybridized carbons (Fsp3) is 0.451. The van der Waals surface area contributed by atoms with Crippen LogP contribution in [0.1, 0.15) is 297 Å². The summed E-state index contributed by atoms with van der Waals surface area (Å²) in [6.45, 7) is 61.6. The number of aromatic amines is 2. The smallest absolute Gasteiger partial charge is 0.115 e. The van der Waals surface area contributed by atoms with Crippen molar-refractivity contribution in [2.75, 3.05) is 0 Å². The third-order valence-corrected chi connectivity index (χ3v) is 21.6. The van der Waals surface area contributed by atoms with Crippen LogP contribution in [0.2, 0.25) is 0 Å². The molecule has 0 atom stereocenters. The van der Waals surface area contributed by atoms with Gasteiger partial charge in [0.05, 0.1) is 6.33 Å². The van der Waals surface area contributed by atoms with Crippen molar-refractivity contribution in [1.29, 1.82) is 0 Å². The van der Waals surface area contributed by atoms with Crippen LogP contribution in [0.4, 0.5) is 0 Å². The first kappa shape index (κ1) is 107. The normalized spacial score (nSPS) is 12.6. The summed E-state index contributed by atoms with van der Waals surface area (Å²) in [5.41, 5.74) is 21.1. The van der Waals surface area contributed by atoms with Crippen LogP contribution in [-0.4, -0.2) is 20.1 Å². The molecule has 3 N–H and O–H groups in total. The van der Waals surface area contributed by atoms with E-state index in [0.29, 0.717) is 54.5 Å². The Balaban J connectivity index is 0.000000253. The first-order chi connectivity index (χ1) is 58.5. The third kappa shape index (κ3) is 47.3. The lowest BCUT2D eigenvalue weighted by Crippen LogP contribution is -2.15. The fourth-order valence-electron chi connectivity index (χ4n) is 15.5. The van der Waals surface area contributed by atoms with Gasteiger partial charge in [0.2, 0.25) is 0 Å². The summed E-state index contributed by atoms with van der Waals surface area (Å²) < 4.78 is 0. The standard InChI is InChI=1S/C18H22.C17H20.2C15H18.C13H17N.C12H18O.C12H18.C11H22.C8H14N2.CH4/c1-18(2,3)14-13-15-9-11-17(12-10-15)16-7-5-4-6-8-16;1-17(2,3)13-14-9-11-16(12-10-14)15-7-5-4-6-8-15;1-15(2,3)11-13-9-6-8-12-7-4-5-10-14(12)13;1-15(2,3)11-12-8-9-13-6-4-5-7-14(13)10-12;1-13(2,3)8-10-9-14-12-7-5-4-6-11(10)12;1-12(2,3)9-8-10-4-6-11(13)7-5-10;1-12(2,3)10-9-11-7-5-4-6-8-11;1-11(2,3)9-10-7-5-4-6-8-10;1-8(2,3)4-7-5-9-6-10-7;/h4-12H,13-14H2,1-3H3;4-12H,13H2,1-3H3;2*4-10H,11H2,1-3H3;4-7,9,14H,8H2,1-3H3;4-7,13H,8-9H2,1-3H3;4-8H,9-10H2,1-3H3;10H,4-9H2,1-3H3;5-6H,4H2,1-3H3,(H,9,10);1H4. The molecule has 680 valence electrons. The average Bonchev–Trinajstić information content (AvgIpc) is 1.16. The molecule has 14 rings (SSSR count). The van der Waals surface area contributed by atoms with E-state index >= 15 is 0 Å². The first-order valence-electron chi connectivity index (χ1n) is 47.0. The van der Waals surface area contributed by atoms with Crippen LogP contribution in [0.25, 0.3) is 54.7 Å². The maximum absolute atomic E-state index is 9.08. The number of nitrogens with zero attached hydrogens (tertiary/aromatic N) is 1. The Bertz CT molecular complexity index is 5040. The van der Waals surface area contributed by atoms with Gasteiger partial charge in [-0.2, -0.15) is 0 Å². The molecule has 0 spiro atoms. The molecule has 0 bridgehead atoms. The lowest BCUT2D eigenvalue weighted by Gasteiger charge is -2.28. The van der Waals surface area contributed by atoms with Crippen LogP contribution < -0.4 is 0 Å². The molecular formula is C122H171N3O. The second-order valence-corrected chi connectivity index (χ2v) is 46.2. The van der Waals surface area contributed by atoms with Crippen LogP contribution in [0.5, 0.6) is 5.75 Å². The number of nitrogens with one attached hydrogen (secondary N) is 2. The minimum absolute atomic E-state index is 0. The van der Waals surface area contributed by atoms with Crippen molar-refractivity contribution in [3.63, 3.8) is 0 Å².